The van der Waals surface area contributed by atoms with Gasteiger partial charge in [-0.25, -0.2) is 32.6 Å². The Kier molecular flexibility index (Phi) is 6.83. The Morgan fingerprint density at radius 2 is 1.98 bits per heavy atom. The van der Waals surface area contributed by atoms with Gasteiger partial charge in [-0.1, -0.05) is 0 Å². The first kappa shape index (κ1) is 26.7. The van der Waals surface area contributed by atoms with Crippen LogP contribution < -0.4 is 14.8 Å². The third-order valence-electron chi connectivity index (χ3n) is 6.92. The molecule has 0 bridgehead atoms. The van der Waals surface area contributed by atoms with Gasteiger partial charge < -0.3 is 19.9 Å². The first-order valence-electron chi connectivity index (χ1n) is 12.9. The number of anilines is 2. The number of hydrogen-bond donors (Lipinski definition) is 2. The molecule has 1 aliphatic rings. The van der Waals surface area contributed by atoms with Crippen LogP contribution in [-0.2, 0) is 6.54 Å². The second-order valence-corrected chi connectivity index (χ2v) is 9.90. The van der Waals surface area contributed by atoms with Crippen molar-refractivity contribution in [2.24, 2.45) is 0 Å². The van der Waals surface area contributed by atoms with Crippen LogP contribution in [0.1, 0.15) is 17.8 Å². The minimum absolute atomic E-state index is 0.00616. The van der Waals surface area contributed by atoms with Crippen LogP contribution in [0.4, 0.5) is 24.7 Å². The van der Waals surface area contributed by atoms with E-state index in [9.17, 15) is 18.3 Å². The molecule has 0 radical (unpaired) electrons. The summed E-state index contributed by atoms with van der Waals surface area (Å²) in [5.74, 6) is -1.46. The molecule has 0 aliphatic carbocycles. The van der Waals surface area contributed by atoms with Gasteiger partial charge in [-0.3, -0.25) is 4.90 Å². The molecule has 41 heavy (non-hydrogen) atoms. The van der Waals surface area contributed by atoms with E-state index in [0.29, 0.717) is 52.3 Å². The van der Waals surface area contributed by atoms with Crippen LogP contribution in [0.25, 0.3) is 16.6 Å². The van der Waals surface area contributed by atoms with Gasteiger partial charge >= 0.3 is 0 Å². The zero-order chi connectivity index (χ0) is 28.7. The lowest BCUT2D eigenvalue weighted by Gasteiger charge is -2.35. The van der Waals surface area contributed by atoms with Crippen molar-refractivity contribution in [3.63, 3.8) is 0 Å². The fourth-order valence-corrected chi connectivity index (χ4v) is 4.81. The molecule has 6 rings (SSSR count). The summed E-state index contributed by atoms with van der Waals surface area (Å²) in [6.45, 7) is 1.82. The van der Waals surface area contributed by atoms with Gasteiger partial charge in [0.25, 0.3) is 5.92 Å². The number of aliphatic hydroxyl groups excluding tert-OH is 1. The summed E-state index contributed by atoms with van der Waals surface area (Å²) in [7, 11) is 1.46. The fourth-order valence-electron chi connectivity index (χ4n) is 4.81. The second-order valence-electron chi connectivity index (χ2n) is 9.90. The molecule has 5 aromatic rings. The first-order chi connectivity index (χ1) is 19.7. The number of methoxy groups -OCH3 is 1. The first-order valence-corrected chi connectivity index (χ1v) is 12.9. The summed E-state index contributed by atoms with van der Waals surface area (Å²) >= 11 is 0. The topological polar surface area (TPSA) is 110 Å². The van der Waals surface area contributed by atoms with Gasteiger partial charge in [0.05, 0.1) is 31.1 Å². The predicted octanol–water partition coefficient (Wildman–Crippen LogP) is 4.87. The van der Waals surface area contributed by atoms with Crippen molar-refractivity contribution in [3.05, 3.63) is 72.2 Å². The molecule has 0 spiro atoms. The molecule has 3 aromatic heterocycles. The number of ether oxygens (including phenoxy) is 2. The van der Waals surface area contributed by atoms with E-state index in [-0.39, 0.29) is 18.4 Å². The lowest BCUT2D eigenvalue weighted by Crippen LogP contribution is -2.51. The van der Waals surface area contributed by atoms with E-state index in [1.165, 1.54) is 24.4 Å². The number of fused-ring (bicyclic) bond motifs is 2. The summed E-state index contributed by atoms with van der Waals surface area (Å²) < 4.78 is 55.4. The predicted molar refractivity (Wildman–Crippen MR) is 144 cm³/mol. The largest absolute Gasteiger partial charge is 0.497 e. The molecule has 1 fully saturated rings. The van der Waals surface area contributed by atoms with Crippen molar-refractivity contribution in [1.29, 1.82) is 0 Å². The van der Waals surface area contributed by atoms with E-state index >= 15 is 0 Å². The minimum atomic E-state index is -3.16. The maximum Gasteiger partial charge on any atom is 0.285 e. The van der Waals surface area contributed by atoms with Crippen molar-refractivity contribution in [1.82, 2.24) is 29.5 Å². The van der Waals surface area contributed by atoms with E-state index in [1.807, 2.05) is 13.0 Å². The lowest BCUT2D eigenvalue weighted by atomic mass is 10.0. The van der Waals surface area contributed by atoms with Crippen LogP contribution in [0, 0.1) is 12.7 Å². The molecule has 1 aliphatic heterocycles. The van der Waals surface area contributed by atoms with Crippen LogP contribution in [0.15, 0.2) is 55.0 Å². The highest BCUT2D eigenvalue weighted by molar-refractivity contribution is 5.92. The maximum atomic E-state index is 14.8. The number of nitrogens with one attached hydrogen (secondary N) is 1. The maximum absolute atomic E-state index is 14.8. The van der Waals surface area contributed by atoms with E-state index in [4.69, 9.17) is 9.47 Å². The summed E-state index contributed by atoms with van der Waals surface area (Å²) in [4.78, 5) is 14.4. The molecule has 0 saturated carbocycles. The summed E-state index contributed by atoms with van der Waals surface area (Å²) in [5, 5.41) is 17.3. The lowest BCUT2D eigenvalue weighted by molar-refractivity contribution is -0.151. The zero-order valence-electron chi connectivity index (χ0n) is 22.2. The van der Waals surface area contributed by atoms with Gasteiger partial charge in [-0.05, 0) is 43.2 Å². The number of nitrogens with zero attached hydrogens (tertiary/aromatic N) is 6. The Morgan fingerprint density at radius 1 is 1.12 bits per heavy atom. The van der Waals surface area contributed by atoms with Crippen molar-refractivity contribution < 1.29 is 27.8 Å². The third kappa shape index (κ3) is 5.45. The minimum Gasteiger partial charge on any atom is -0.497 e. The highest BCUT2D eigenvalue weighted by Crippen LogP contribution is 2.32. The number of hydrogen-bond acceptors (Lipinski definition) is 9. The fraction of sp³-hybridized carbons (Fsp3) is 0.286. The Morgan fingerprint density at radius 3 is 2.76 bits per heavy atom. The average Bonchev–Trinajstić information content (AvgIpc) is 3.33. The van der Waals surface area contributed by atoms with Crippen molar-refractivity contribution in [2.75, 3.05) is 25.5 Å². The van der Waals surface area contributed by atoms with Gasteiger partial charge in [0.2, 0.25) is 0 Å². The third-order valence-corrected chi connectivity index (χ3v) is 6.92. The molecule has 0 amide bonds. The van der Waals surface area contributed by atoms with Crippen LogP contribution >= 0.6 is 0 Å². The summed E-state index contributed by atoms with van der Waals surface area (Å²) in [6, 6.07) is 11.8. The molecule has 2 N–H and O–H groups in total. The number of aliphatic hydroxyl groups is 1. The Bertz CT molecular complexity index is 1750. The monoisotopic (exact) mass is 565 g/mol. The molecule has 1 saturated heterocycles. The molecule has 10 nitrogen and oxygen atoms in total. The quantitative estimate of drug-likeness (QED) is 0.286. The molecule has 4 heterocycles. The molecule has 1 atom stereocenters. The second kappa shape index (κ2) is 10.5. The van der Waals surface area contributed by atoms with Crippen molar-refractivity contribution in [3.8, 4) is 17.2 Å². The van der Waals surface area contributed by atoms with Crippen molar-refractivity contribution >= 4 is 28.1 Å². The van der Waals surface area contributed by atoms with Crippen LogP contribution in [-0.4, -0.2) is 66.8 Å². The SMILES string of the molecule is COc1cc(F)c2c(Nc3ccc(Oc4ccn5nc(CN6CCC(O)C(F)(F)C6)nc5c4)c(C)c3)ncnc2c1. The summed E-state index contributed by atoms with van der Waals surface area (Å²) in [6.07, 6.45) is 1.41. The van der Waals surface area contributed by atoms with Crippen molar-refractivity contribution in [2.45, 2.75) is 31.9 Å². The number of likely N-dealkylation sites (tertiary alicyclic amines) is 1. The normalized spacial score (nSPS) is 17.2. The molecule has 212 valence electrons. The number of alkyl halides is 2. The number of piperidine rings is 1. The summed E-state index contributed by atoms with van der Waals surface area (Å²) in [5.41, 5.74) is 2.41. The van der Waals surface area contributed by atoms with E-state index in [1.54, 1.807) is 41.0 Å². The van der Waals surface area contributed by atoms with Gasteiger partial charge in [-0.2, -0.15) is 0 Å². The van der Waals surface area contributed by atoms with Crippen LogP contribution in [0.5, 0.6) is 17.2 Å². The molecular formula is C28H26F3N7O3. The van der Waals surface area contributed by atoms with E-state index in [0.717, 1.165) is 5.56 Å². The smallest absolute Gasteiger partial charge is 0.285 e. The van der Waals surface area contributed by atoms with Gasteiger partial charge in [0, 0.05) is 36.6 Å². The van der Waals surface area contributed by atoms with Gasteiger partial charge in [0.15, 0.2) is 11.5 Å². The van der Waals surface area contributed by atoms with Gasteiger partial charge in [0.1, 0.15) is 41.3 Å². The average molecular weight is 566 g/mol. The highest BCUT2D eigenvalue weighted by atomic mass is 19.3. The molecule has 2 aromatic carbocycles. The highest BCUT2D eigenvalue weighted by Gasteiger charge is 2.43. The Labute approximate surface area is 232 Å². The number of benzene rings is 2. The standard InChI is InChI=1S/C28H26F3N7O3/c1-16-9-17(34-27-26-20(29)10-19(40-2)11-21(26)32-15-33-27)3-4-22(16)41-18-5-8-38-25(12-18)35-24(36-38)13-37-7-6-23(39)28(30,31)14-37/h3-5,8-12,15,23,39H,6-7,13-14H2,1-2H3,(H,32,33,34). The Hall–Kier alpha value is -4.49. The number of rotatable bonds is 7. The number of pyridine rings is 1. The van der Waals surface area contributed by atoms with Crippen LogP contribution in [0.3, 0.4) is 0 Å². The van der Waals surface area contributed by atoms with E-state index in [2.05, 4.69) is 25.4 Å². The number of aromatic nitrogens is 5. The Balaban J connectivity index is 1.17. The molecule has 13 heteroatoms. The molecular weight excluding hydrogens is 539 g/mol. The zero-order valence-corrected chi connectivity index (χ0v) is 22.2. The number of halogens is 3. The number of aryl methyl sites for hydroxylation is 1. The van der Waals surface area contributed by atoms with Gasteiger partial charge in [-0.15, -0.1) is 5.10 Å². The molecule has 1 unspecified atom stereocenters. The van der Waals surface area contributed by atoms with E-state index < -0.39 is 24.4 Å². The van der Waals surface area contributed by atoms with Crippen LogP contribution in [0.2, 0.25) is 0 Å².